The molecule has 1 atom stereocenters. The van der Waals surface area contributed by atoms with Crippen LogP contribution in [0.4, 0.5) is 10.5 Å². The van der Waals surface area contributed by atoms with Crippen molar-refractivity contribution in [1.29, 1.82) is 0 Å². The number of urea groups is 1. The van der Waals surface area contributed by atoms with E-state index in [9.17, 15) is 9.59 Å². The largest absolute Gasteiger partial charge is 0.497 e. The average molecular weight is 481 g/mol. The van der Waals surface area contributed by atoms with Gasteiger partial charge in [0.2, 0.25) is 0 Å². The molecule has 9 heteroatoms. The fraction of sp³-hybridized carbons (Fsp3) is 0.385. The summed E-state index contributed by atoms with van der Waals surface area (Å²) in [6.45, 7) is 5.70. The lowest BCUT2D eigenvalue weighted by Crippen LogP contribution is -2.51. The number of carbonyl (C=O) groups is 2. The molecule has 0 bridgehead atoms. The van der Waals surface area contributed by atoms with Gasteiger partial charge in [0.15, 0.2) is 0 Å². The molecule has 0 radical (unpaired) electrons. The molecule has 1 fully saturated rings. The number of benzene rings is 2. The molecule has 0 unspecified atom stereocenters. The zero-order chi connectivity index (χ0) is 24.8. The first-order valence-electron chi connectivity index (χ1n) is 11.7. The standard InChI is InChI=1S/C26H32N4O5/c1-4-35-25(31)23-22(27-26(32)28-24(23)18-6-5-7-21(16-18)34-3)17-29-12-14-30(15-13-29)19-8-10-20(33-2)11-9-19/h5-11,16,24H,4,12-15,17H2,1-3H3,(H2,27,28,32)/t24-/m0/s1. The zero-order valence-corrected chi connectivity index (χ0v) is 20.4. The molecule has 0 saturated carbocycles. The highest BCUT2D eigenvalue weighted by molar-refractivity contribution is 5.95. The molecule has 0 spiro atoms. The number of carbonyl (C=O) groups excluding carboxylic acids is 2. The minimum atomic E-state index is -0.631. The van der Waals surface area contributed by atoms with Gasteiger partial charge in [-0.3, -0.25) is 4.90 Å². The summed E-state index contributed by atoms with van der Waals surface area (Å²) in [5.41, 5.74) is 2.88. The monoisotopic (exact) mass is 480 g/mol. The van der Waals surface area contributed by atoms with Gasteiger partial charge < -0.3 is 29.7 Å². The van der Waals surface area contributed by atoms with Gasteiger partial charge in [-0.15, -0.1) is 0 Å². The Labute approximate surface area is 205 Å². The van der Waals surface area contributed by atoms with E-state index in [0.717, 1.165) is 43.2 Å². The predicted molar refractivity (Wildman–Crippen MR) is 133 cm³/mol. The van der Waals surface area contributed by atoms with E-state index in [-0.39, 0.29) is 12.6 Å². The Balaban J connectivity index is 1.54. The number of rotatable bonds is 8. The van der Waals surface area contributed by atoms with Crippen LogP contribution in [0.1, 0.15) is 18.5 Å². The number of ether oxygens (including phenoxy) is 3. The molecular weight excluding hydrogens is 448 g/mol. The van der Waals surface area contributed by atoms with Gasteiger partial charge in [0.05, 0.1) is 32.4 Å². The van der Waals surface area contributed by atoms with E-state index in [1.807, 2.05) is 36.4 Å². The van der Waals surface area contributed by atoms with Crippen molar-refractivity contribution in [2.24, 2.45) is 0 Å². The minimum Gasteiger partial charge on any atom is -0.497 e. The zero-order valence-electron chi connectivity index (χ0n) is 20.4. The predicted octanol–water partition coefficient (Wildman–Crippen LogP) is 2.70. The number of methoxy groups -OCH3 is 2. The van der Waals surface area contributed by atoms with Crippen molar-refractivity contribution in [3.63, 3.8) is 0 Å². The average Bonchev–Trinajstić information content (AvgIpc) is 2.89. The van der Waals surface area contributed by atoms with E-state index in [1.54, 1.807) is 21.1 Å². The second-order valence-corrected chi connectivity index (χ2v) is 8.38. The Hall–Kier alpha value is -3.72. The molecule has 2 aromatic rings. The number of amides is 2. The van der Waals surface area contributed by atoms with Crippen LogP contribution in [0, 0.1) is 0 Å². The number of anilines is 1. The summed E-state index contributed by atoms with van der Waals surface area (Å²) in [7, 11) is 3.24. The Morgan fingerprint density at radius 2 is 1.71 bits per heavy atom. The van der Waals surface area contributed by atoms with Crippen molar-refractivity contribution >= 4 is 17.7 Å². The van der Waals surface area contributed by atoms with Gasteiger partial charge >= 0.3 is 12.0 Å². The highest BCUT2D eigenvalue weighted by Crippen LogP contribution is 2.30. The third-order valence-electron chi connectivity index (χ3n) is 6.27. The molecule has 4 rings (SSSR count). The number of esters is 1. The highest BCUT2D eigenvalue weighted by Gasteiger charge is 2.35. The van der Waals surface area contributed by atoms with Crippen LogP contribution in [-0.2, 0) is 9.53 Å². The topological polar surface area (TPSA) is 92.4 Å². The van der Waals surface area contributed by atoms with Gasteiger partial charge in [0.1, 0.15) is 11.5 Å². The van der Waals surface area contributed by atoms with Crippen molar-refractivity contribution in [3.05, 3.63) is 65.4 Å². The van der Waals surface area contributed by atoms with E-state index in [2.05, 4.69) is 32.6 Å². The molecule has 186 valence electrons. The van der Waals surface area contributed by atoms with Crippen molar-refractivity contribution in [1.82, 2.24) is 15.5 Å². The van der Waals surface area contributed by atoms with Crippen LogP contribution in [0.15, 0.2) is 59.8 Å². The van der Waals surface area contributed by atoms with Crippen LogP contribution < -0.4 is 25.0 Å². The summed E-state index contributed by atoms with van der Waals surface area (Å²) in [6.07, 6.45) is 0. The number of nitrogens with one attached hydrogen (secondary N) is 2. The van der Waals surface area contributed by atoms with Gasteiger partial charge in [-0.25, -0.2) is 9.59 Å². The summed E-state index contributed by atoms with van der Waals surface area (Å²) < 4.78 is 16.0. The van der Waals surface area contributed by atoms with E-state index >= 15 is 0 Å². The Kier molecular flexibility index (Phi) is 7.77. The summed E-state index contributed by atoms with van der Waals surface area (Å²) in [6, 6.07) is 14.4. The molecule has 2 aliphatic heterocycles. The van der Waals surface area contributed by atoms with Gasteiger partial charge in [-0.1, -0.05) is 12.1 Å². The quantitative estimate of drug-likeness (QED) is 0.562. The van der Waals surface area contributed by atoms with E-state index in [0.29, 0.717) is 23.6 Å². The molecule has 2 aliphatic rings. The molecule has 0 aliphatic carbocycles. The molecule has 2 aromatic carbocycles. The number of hydrogen-bond acceptors (Lipinski definition) is 7. The van der Waals surface area contributed by atoms with Gasteiger partial charge in [-0.05, 0) is 48.9 Å². The molecule has 2 N–H and O–H groups in total. The van der Waals surface area contributed by atoms with Crippen molar-refractivity contribution < 1.29 is 23.8 Å². The first kappa shape index (κ1) is 24.4. The summed E-state index contributed by atoms with van der Waals surface area (Å²) in [5, 5.41) is 5.74. The number of piperazine rings is 1. The lowest BCUT2D eigenvalue weighted by Gasteiger charge is -2.38. The second kappa shape index (κ2) is 11.1. The molecule has 9 nitrogen and oxygen atoms in total. The third-order valence-corrected chi connectivity index (χ3v) is 6.27. The van der Waals surface area contributed by atoms with Crippen LogP contribution in [-0.4, -0.2) is 70.5 Å². The Morgan fingerprint density at radius 3 is 2.37 bits per heavy atom. The van der Waals surface area contributed by atoms with Crippen molar-refractivity contribution in [2.75, 3.05) is 58.5 Å². The van der Waals surface area contributed by atoms with Gasteiger partial charge in [0.25, 0.3) is 0 Å². The third kappa shape index (κ3) is 5.68. The molecule has 2 heterocycles. The van der Waals surface area contributed by atoms with Crippen LogP contribution in [0.3, 0.4) is 0 Å². The first-order valence-corrected chi connectivity index (χ1v) is 11.7. The highest BCUT2D eigenvalue weighted by atomic mass is 16.5. The smallest absolute Gasteiger partial charge is 0.338 e. The lowest BCUT2D eigenvalue weighted by molar-refractivity contribution is -0.139. The van der Waals surface area contributed by atoms with Crippen molar-refractivity contribution in [2.45, 2.75) is 13.0 Å². The summed E-state index contributed by atoms with van der Waals surface area (Å²) >= 11 is 0. The van der Waals surface area contributed by atoms with Crippen LogP contribution >= 0.6 is 0 Å². The first-order chi connectivity index (χ1) is 17.0. The van der Waals surface area contributed by atoms with Crippen LogP contribution in [0.5, 0.6) is 11.5 Å². The molecule has 2 amide bonds. The minimum absolute atomic E-state index is 0.245. The van der Waals surface area contributed by atoms with Crippen LogP contribution in [0.25, 0.3) is 0 Å². The Morgan fingerprint density at radius 1 is 1.00 bits per heavy atom. The summed E-state index contributed by atoms with van der Waals surface area (Å²) in [4.78, 5) is 30.2. The van der Waals surface area contributed by atoms with E-state index in [4.69, 9.17) is 14.2 Å². The molecule has 35 heavy (non-hydrogen) atoms. The SMILES string of the molecule is CCOC(=O)C1=C(CN2CCN(c3ccc(OC)cc3)CC2)NC(=O)N[C@H]1c1cccc(OC)c1. The Bertz CT molecular complexity index is 1080. The normalized spacial score (nSPS) is 18.5. The number of hydrogen-bond donors (Lipinski definition) is 2. The maximum absolute atomic E-state index is 13.0. The fourth-order valence-corrected chi connectivity index (χ4v) is 4.44. The van der Waals surface area contributed by atoms with E-state index in [1.165, 1.54) is 0 Å². The maximum Gasteiger partial charge on any atom is 0.338 e. The summed E-state index contributed by atoms with van der Waals surface area (Å²) in [5.74, 6) is 1.03. The van der Waals surface area contributed by atoms with Gasteiger partial charge in [-0.2, -0.15) is 0 Å². The number of nitrogens with zero attached hydrogens (tertiary/aromatic N) is 2. The van der Waals surface area contributed by atoms with Gasteiger partial charge in [0, 0.05) is 44.1 Å². The molecular formula is C26H32N4O5. The second-order valence-electron chi connectivity index (χ2n) is 8.38. The molecule has 1 saturated heterocycles. The maximum atomic E-state index is 13.0. The fourth-order valence-electron chi connectivity index (χ4n) is 4.44. The van der Waals surface area contributed by atoms with Crippen molar-refractivity contribution in [3.8, 4) is 11.5 Å². The molecule has 0 aromatic heterocycles. The lowest BCUT2D eigenvalue weighted by atomic mass is 9.94. The van der Waals surface area contributed by atoms with Crippen LogP contribution in [0.2, 0.25) is 0 Å². The van der Waals surface area contributed by atoms with E-state index < -0.39 is 12.0 Å².